The van der Waals surface area contributed by atoms with Gasteiger partial charge in [-0.15, -0.1) is 0 Å². The summed E-state index contributed by atoms with van der Waals surface area (Å²) in [6, 6.07) is 7.15. The van der Waals surface area contributed by atoms with Crippen LogP contribution in [-0.4, -0.2) is 30.1 Å². The van der Waals surface area contributed by atoms with E-state index in [2.05, 4.69) is 10.2 Å². The first-order valence-corrected chi connectivity index (χ1v) is 8.40. The number of benzene rings is 1. The van der Waals surface area contributed by atoms with Crippen LogP contribution in [0.3, 0.4) is 0 Å². The summed E-state index contributed by atoms with van der Waals surface area (Å²) in [5.41, 5.74) is 1.08. The molecule has 1 heterocycles. The molecule has 1 aliphatic heterocycles. The lowest BCUT2D eigenvalue weighted by Gasteiger charge is -2.31. The summed E-state index contributed by atoms with van der Waals surface area (Å²) < 4.78 is 0. The van der Waals surface area contributed by atoms with Gasteiger partial charge >= 0.3 is 0 Å². The SMILES string of the molecule is Clc1cccc(Cl)c1CN(CC1CCCCN1)C1CC1. The molecule has 1 unspecified atom stereocenters. The Kier molecular flexibility index (Phi) is 4.87. The number of halogens is 2. The summed E-state index contributed by atoms with van der Waals surface area (Å²) in [6.45, 7) is 3.16. The molecule has 110 valence electrons. The van der Waals surface area contributed by atoms with Gasteiger partial charge in [-0.2, -0.15) is 0 Å². The van der Waals surface area contributed by atoms with E-state index in [1.54, 1.807) is 0 Å². The number of piperidine rings is 1. The van der Waals surface area contributed by atoms with Gasteiger partial charge in [-0.05, 0) is 44.4 Å². The van der Waals surface area contributed by atoms with Gasteiger partial charge in [-0.1, -0.05) is 35.7 Å². The standard InChI is InChI=1S/C16H22Cl2N2/c17-15-5-3-6-16(18)14(15)11-20(13-7-8-13)10-12-4-1-2-9-19-12/h3,5-6,12-13,19H,1-2,4,7-11H2. The third kappa shape index (κ3) is 3.67. The first-order chi connectivity index (χ1) is 9.74. The maximum Gasteiger partial charge on any atom is 0.0465 e. The van der Waals surface area contributed by atoms with Gasteiger partial charge in [0.05, 0.1) is 0 Å². The molecule has 1 saturated heterocycles. The van der Waals surface area contributed by atoms with Gasteiger partial charge in [0.2, 0.25) is 0 Å². The van der Waals surface area contributed by atoms with E-state index in [-0.39, 0.29) is 0 Å². The van der Waals surface area contributed by atoms with E-state index >= 15 is 0 Å². The molecular formula is C16H22Cl2N2. The van der Waals surface area contributed by atoms with Crippen LogP contribution in [0.2, 0.25) is 10.0 Å². The van der Waals surface area contributed by atoms with Crippen LogP contribution in [0, 0.1) is 0 Å². The summed E-state index contributed by atoms with van der Waals surface area (Å²) in [5, 5.41) is 5.22. The predicted octanol–water partition coefficient (Wildman–Crippen LogP) is 4.10. The van der Waals surface area contributed by atoms with Crippen molar-refractivity contribution in [1.82, 2.24) is 10.2 Å². The minimum Gasteiger partial charge on any atom is -0.313 e. The second kappa shape index (κ2) is 6.65. The van der Waals surface area contributed by atoms with Crippen molar-refractivity contribution in [2.75, 3.05) is 13.1 Å². The molecular weight excluding hydrogens is 291 g/mol. The monoisotopic (exact) mass is 312 g/mol. The van der Waals surface area contributed by atoms with E-state index < -0.39 is 0 Å². The van der Waals surface area contributed by atoms with Crippen molar-refractivity contribution in [1.29, 1.82) is 0 Å². The average molecular weight is 313 g/mol. The van der Waals surface area contributed by atoms with Crippen LogP contribution in [-0.2, 0) is 6.54 Å². The van der Waals surface area contributed by atoms with Crippen LogP contribution in [0.15, 0.2) is 18.2 Å². The van der Waals surface area contributed by atoms with Crippen LogP contribution in [0.25, 0.3) is 0 Å². The molecule has 0 aromatic heterocycles. The van der Waals surface area contributed by atoms with E-state index in [0.29, 0.717) is 6.04 Å². The van der Waals surface area contributed by atoms with Gasteiger partial charge in [0.1, 0.15) is 0 Å². The van der Waals surface area contributed by atoms with Crippen LogP contribution >= 0.6 is 23.2 Å². The van der Waals surface area contributed by atoms with Crippen molar-refractivity contribution in [2.45, 2.75) is 50.7 Å². The third-order valence-electron chi connectivity index (χ3n) is 4.35. The highest BCUT2D eigenvalue weighted by atomic mass is 35.5. The average Bonchev–Trinajstić information content (AvgIpc) is 3.27. The second-order valence-corrected chi connectivity index (χ2v) is 6.82. The summed E-state index contributed by atoms with van der Waals surface area (Å²) in [5.74, 6) is 0. The maximum absolute atomic E-state index is 6.31. The van der Waals surface area contributed by atoms with Gasteiger partial charge in [-0.3, -0.25) is 4.90 Å². The van der Waals surface area contributed by atoms with Crippen molar-refractivity contribution >= 4 is 23.2 Å². The van der Waals surface area contributed by atoms with Gasteiger partial charge in [0.25, 0.3) is 0 Å². The van der Waals surface area contributed by atoms with E-state index in [1.807, 2.05) is 18.2 Å². The minimum absolute atomic E-state index is 0.630. The molecule has 4 heteroatoms. The van der Waals surface area contributed by atoms with E-state index in [0.717, 1.165) is 41.3 Å². The lowest BCUT2D eigenvalue weighted by molar-refractivity contribution is 0.208. The van der Waals surface area contributed by atoms with Gasteiger partial charge < -0.3 is 5.32 Å². The molecule has 1 aromatic carbocycles. The fourth-order valence-electron chi connectivity index (χ4n) is 3.03. The highest BCUT2D eigenvalue weighted by Crippen LogP contribution is 2.32. The van der Waals surface area contributed by atoms with Crippen LogP contribution in [0.4, 0.5) is 0 Å². The van der Waals surface area contributed by atoms with Crippen molar-refractivity contribution in [2.24, 2.45) is 0 Å². The number of nitrogens with one attached hydrogen (secondary N) is 1. The van der Waals surface area contributed by atoms with Crippen LogP contribution in [0.5, 0.6) is 0 Å². The smallest absolute Gasteiger partial charge is 0.0465 e. The highest BCUT2D eigenvalue weighted by molar-refractivity contribution is 6.35. The first kappa shape index (κ1) is 14.6. The predicted molar refractivity (Wildman–Crippen MR) is 85.5 cm³/mol. The molecule has 2 aliphatic rings. The van der Waals surface area contributed by atoms with Crippen molar-refractivity contribution < 1.29 is 0 Å². The molecule has 0 radical (unpaired) electrons. The lowest BCUT2D eigenvalue weighted by Crippen LogP contribution is -2.44. The van der Waals surface area contributed by atoms with E-state index in [9.17, 15) is 0 Å². The molecule has 1 aliphatic carbocycles. The lowest BCUT2D eigenvalue weighted by atomic mass is 10.0. The summed E-state index contributed by atoms with van der Waals surface area (Å²) in [4.78, 5) is 2.57. The van der Waals surface area contributed by atoms with Crippen molar-refractivity contribution in [3.05, 3.63) is 33.8 Å². The molecule has 0 spiro atoms. The maximum atomic E-state index is 6.31. The van der Waals surface area contributed by atoms with Gasteiger partial charge in [0.15, 0.2) is 0 Å². The van der Waals surface area contributed by atoms with Crippen molar-refractivity contribution in [3.8, 4) is 0 Å². The Bertz CT molecular complexity index is 434. The highest BCUT2D eigenvalue weighted by Gasteiger charge is 2.31. The molecule has 20 heavy (non-hydrogen) atoms. The quantitative estimate of drug-likeness (QED) is 0.880. The number of rotatable bonds is 5. The fraction of sp³-hybridized carbons (Fsp3) is 0.625. The first-order valence-electron chi connectivity index (χ1n) is 7.64. The summed E-state index contributed by atoms with van der Waals surface area (Å²) >= 11 is 12.6. The second-order valence-electron chi connectivity index (χ2n) is 6.01. The molecule has 3 rings (SSSR count). The Balaban J connectivity index is 1.68. The van der Waals surface area contributed by atoms with Gasteiger partial charge in [-0.25, -0.2) is 0 Å². The summed E-state index contributed by atoms with van der Waals surface area (Å²) in [6.07, 6.45) is 6.59. The van der Waals surface area contributed by atoms with Gasteiger partial charge in [0, 0.05) is 40.8 Å². The molecule has 2 fully saturated rings. The Hall–Kier alpha value is -0.280. The molecule has 1 saturated carbocycles. The zero-order valence-electron chi connectivity index (χ0n) is 11.7. The largest absolute Gasteiger partial charge is 0.313 e. The molecule has 0 bridgehead atoms. The molecule has 1 aromatic rings. The van der Waals surface area contributed by atoms with E-state index in [1.165, 1.54) is 32.1 Å². The van der Waals surface area contributed by atoms with E-state index in [4.69, 9.17) is 23.2 Å². The number of hydrogen-bond acceptors (Lipinski definition) is 2. The normalized spacial score (nSPS) is 23.2. The zero-order chi connectivity index (χ0) is 13.9. The number of nitrogens with zero attached hydrogens (tertiary/aromatic N) is 1. The molecule has 1 N–H and O–H groups in total. The zero-order valence-corrected chi connectivity index (χ0v) is 13.3. The molecule has 2 nitrogen and oxygen atoms in total. The van der Waals surface area contributed by atoms with Crippen LogP contribution < -0.4 is 5.32 Å². The summed E-state index contributed by atoms with van der Waals surface area (Å²) in [7, 11) is 0. The molecule has 1 atom stereocenters. The topological polar surface area (TPSA) is 15.3 Å². The van der Waals surface area contributed by atoms with Crippen molar-refractivity contribution in [3.63, 3.8) is 0 Å². The Morgan fingerprint density at radius 2 is 1.85 bits per heavy atom. The fourth-order valence-corrected chi connectivity index (χ4v) is 3.55. The Morgan fingerprint density at radius 3 is 2.45 bits per heavy atom. The number of hydrogen-bond donors (Lipinski definition) is 1. The Labute approximate surface area is 131 Å². The minimum atomic E-state index is 0.630. The molecule has 0 amide bonds. The van der Waals surface area contributed by atoms with Crippen LogP contribution in [0.1, 0.15) is 37.7 Å². The Morgan fingerprint density at radius 1 is 1.10 bits per heavy atom. The third-order valence-corrected chi connectivity index (χ3v) is 5.06.